The van der Waals surface area contributed by atoms with E-state index in [9.17, 15) is 9.59 Å². The van der Waals surface area contributed by atoms with Gasteiger partial charge in [-0.05, 0) is 0 Å². The summed E-state index contributed by atoms with van der Waals surface area (Å²) in [4.78, 5) is 20.0. The SMILES string of the molecule is CC(C)(CO)C(N)C(=O)O.O=C(S)CCO. The summed E-state index contributed by atoms with van der Waals surface area (Å²) >= 11 is 3.38. The van der Waals surface area contributed by atoms with Crippen LogP contribution >= 0.6 is 12.6 Å². The number of carbonyl (C=O) groups is 2. The minimum absolute atomic E-state index is 0.0949. The summed E-state index contributed by atoms with van der Waals surface area (Å²) in [6.07, 6.45) is 0.156. The molecule has 0 aliphatic heterocycles. The van der Waals surface area contributed by atoms with Crippen molar-refractivity contribution in [3.8, 4) is 0 Å². The fourth-order valence-corrected chi connectivity index (χ4v) is 0.628. The summed E-state index contributed by atoms with van der Waals surface area (Å²) in [6.45, 7) is 2.89. The molecule has 0 saturated heterocycles. The second-order valence-corrected chi connectivity index (χ2v) is 4.33. The number of nitrogens with two attached hydrogens (primary N) is 1. The third-order valence-corrected chi connectivity index (χ3v) is 2.06. The first-order valence-electron chi connectivity index (χ1n) is 4.61. The van der Waals surface area contributed by atoms with Crippen LogP contribution in [0.3, 0.4) is 0 Å². The van der Waals surface area contributed by atoms with Gasteiger partial charge in [0.25, 0.3) is 0 Å². The van der Waals surface area contributed by atoms with Crippen LogP contribution in [0.5, 0.6) is 0 Å². The summed E-state index contributed by atoms with van der Waals surface area (Å²) in [7, 11) is 0. The Hall–Kier alpha value is -0.630. The monoisotopic (exact) mass is 253 g/mol. The van der Waals surface area contributed by atoms with Gasteiger partial charge >= 0.3 is 5.97 Å². The zero-order chi connectivity index (χ0) is 13.4. The number of hydrogen-bond donors (Lipinski definition) is 5. The molecule has 0 fully saturated rings. The molecule has 0 radical (unpaired) electrons. The lowest BCUT2D eigenvalue weighted by Gasteiger charge is -2.25. The van der Waals surface area contributed by atoms with Crippen molar-refractivity contribution in [3.63, 3.8) is 0 Å². The normalized spacial score (nSPS) is 12.4. The fourth-order valence-electron chi connectivity index (χ4n) is 0.528. The lowest BCUT2D eigenvalue weighted by atomic mass is 9.86. The number of carboxylic acids is 1. The number of aliphatic hydroxyl groups is 2. The van der Waals surface area contributed by atoms with Gasteiger partial charge < -0.3 is 21.1 Å². The summed E-state index contributed by atoms with van der Waals surface area (Å²) in [5.41, 5.74) is 4.50. The van der Waals surface area contributed by atoms with E-state index in [-0.39, 0.29) is 24.7 Å². The van der Waals surface area contributed by atoms with E-state index >= 15 is 0 Å². The molecule has 0 heterocycles. The molecule has 0 rings (SSSR count). The molecule has 0 aliphatic carbocycles. The Morgan fingerprint density at radius 2 is 1.81 bits per heavy atom. The van der Waals surface area contributed by atoms with E-state index in [1.807, 2.05) is 0 Å². The van der Waals surface area contributed by atoms with Crippen LogP contribution < -0.4 is 5.73 Å². The zero-order valence-corrected chi connectivity index (χ0v) is 10.3. The predicted octanol–water partition coefficient (Wildman–Crippen LogP) is -0.758. The number of hydrogen-bond acceptors (Lipinski definition) is 5. The van der Waals surface area contributed by atoms with E-state index in [4.69, 9.17) is 21.1 Å². The van der Waals surface area contributed by atoms with Crippen molar-refractivity contribution in [1.29, 1.82) is 0 Å². The summed E-state index contributed by atoms with van der Waals surface area (Å²) in [5, 5.41) is 24.8. The minimum Gasteiger partial charge on any atom is -0.480 e. The van der Waals surface area contributed by atoms with Gasteiger partial charge in [0.2, 0.25) is 0 Å². The number of aliphatic carboxylic acids is 1. The van der Waals surface area contributed by atoms with Gasteiger partial charge in [0.1, 0.15) is 6.04 Å². The maximum absolute atomic E-state index is 10.3. The molecular weight excluding hydrogens is 234 g/mol. The molecule has 1 atom stereocenters. The number of aliphatic hydroxyl groups excluding tert-OH is 2. The number of carbonyl (C=O) groups excluding carboxylic acids is 1. The molecule has 16 heavy (non-hydrogen) atoms. The van der Waals surface area contributed by atoms with Crippen molar-refractivity contribution >= 4 is 23.7 Å². The first-order chi connectivity index (χ1) is 7.18. The molecule has 0 saturated carbocycles. The lowest BCUT2D eigenvalue weighted by Crippen LogP contribution is -2.45. The van der Waals surface area contributed by atoms with E-state index in [2.05, 4.69) is 12.6 Å². The molecule has 0 amide bonds. The van der Waals surface area contributed by atoms with Crippen molar-refractivity contribution in [1.82, 2.24) is 0 Å². The van der Waals surface area contributed by atoms with Crippen LogP contribution in [0.15, 0.2) is 0 Å². The maximum atomic E-state index is 10.3. The standard InChI is InChI=1S/C6H13NO3.C3H6O2S/c1-6(2,3-8)4(7)5(9)10;4-2-1-3(5)6/h4,8H,3,7H2,1-2H3,(H,9,10);4H,1-2H2,(H,5,6). The second kappa shape index (κ2) is 8.51. The Kier molecular flexibility index (Phi) is 9.45. The summed E-state index contributed by atoms with van der Waals surface area (Å²) in [5.74, 6) is -1.08. The van der Waals surface area contributed by atoms with Gasteiger partial charge in [-0.1, -0.05) is 13.8 Å². The number of carboxylic acid groups (broad SMARTS) is 1. The van der Waals surface area contributed by atoms with Crippen molar-refractivity contribution in [3.05, 3.63) is 0 Å². The Bertz CT molecular complexity index is 232. The van der Waals surface area contributed by atoms with E-state index in [0.29, 0.717) is 0 Å². The molecule has 7 heteroatoms. The van der Waals surface area contributed by atoms with Crippen molar-refractivity contribution < 1.29 is 24.9 Å². The van der Waals surface area contributed by atoms with E-state index < -0.39 is 17.4 Å². The molecular formula is C9H19NO5S. The zero-order valence-electron chi connectivity index (χ0n) is 9.38. The van der Waals surface area contributed by atoms with Crippen LogP contribution in [0.25, 0.3) is 0 Å². The highest BCUT2D eigenvalue weighted by molar-refractivity contribution is 7.96. The Balaban J connectivity index is 0. The molecule has 0 spiro atoms. The van der Waals surface area contributed by atoms with E-state index in [1.165, 1.54) is 0 Å². The van der Waals surface area contributed by atoms with Gasteiger partial charge in [0.05, 0.1) is 13.2 Å². The smallest absolute Gasteiger partial charge is 0.321 e. The number of thiol groups is 1. The van der Waals surface area contributed by atoms with Gasteiger partial charge in [0.15, 0.2) is 5.12 Å². The molecule has 96 valence electrons. The third-order valence-electron chi connectivity index (χ3n) is 1.84. The highest BCUT2D eigenvalue weighted by Gasteiger charge is 2.30. The van der Waals surface area contributed by atoms with Crippen LogP contribution in [0.4, 0.5) is 0 Å². The Morgan fingerprint density at radius 3 is 1.88 bits per heavy atom. The maximum Gasteiger partial charge on any atom is 0.321 e. The van der Waals surface area contributed by atoms with Gasteiger partial charge in [-0.3, -0.25) is 9.59 Å². The average molecular weight is 253 g/mol. The van der Waals surface area contributed by atoms with Crippen molar-refractivity contribution in [2.24, 2.45) is 11.1 Å². The van der Waals surface area contributed by atoms with Gasteiger partial charge in [-0.25, -0.2) is 0 Å². The lowest BCUT2D eigenvalue weighted by molar-refractivity contribution is -0.142. The van der Waals surface area contributed by atoms with E-state index in [1.54, 1.807) is 13.8 Å². The Morgan fingerprint density at radius 1 is 1.38 bits per heavy atom. The molecule has 0 aromatic rings. The average Bonchev–Trinajstić information content (AvgIpc) is 2.17. The molecule has 0 aliphatic rings. The molecule has 0 aromatic carbocycles. The fraction of sp³-hybridized carbons (Fsp3) is 0.778. The predicted molar refractivity (Wildman–Crippen MR) is 62.2 cm³/mol. The topological polar surface area (TPSA) is 121 Å². The summed E-state index contributed by atoms with van der Waals surface area (Å²) in [6, 6.07) is -1.00. The largest absolute Gasteiger partial charge is 0.480 e. The van der Waals surface area contributed by atoms with Gasteiger partial charge in [0, 0.05) is 11.8 Å². The minimum atomic E-state index is -1.08. The van der Waals surface area contributed by atoms with Gasteiger partial charge in [-0.15, -0.1) is 12.6 Å². The van der Waals surface area contributed by atoms with E-state index in [0.717, 1.165) is 0 Å². The third kappa shape index (κ3) is 8.66. The molecule has 0 bridgehead atoms. The molecule has 1 unspecified atom stereocenters. The van der Waals surface area contributed by atoms with Crippen LogP contribution in [0.1, 0.15) is 20.3 Å². The Labute approximate surface area is 99.9 Å². The molecule has 5 N–H and O–H groups in total. The highest BCUT2D eigenvalue weighted by atomic mass is 32.1. The molecule has 6 nitrogen and oxygen atoms in total. The van der Waals surface area contributed by atoms with Crippen LogP contribution in [0, 0.1) is 5.41 Å². The first kappa shape index (κ1) is 17.8. The van der Waals surface area contributed by atoms with Crippen LogP contribution in [-0.4, -0.2) is 45.7 Å². The first-order valence-corrected chi connectivity index (χ1v) is 5.05. The highest BCUT2D eigenvalue weighted by Crippen LogP contribution is 2.17. The van der Waals surface area contributed by atoms with Crippen molar-refractivity contribution in [2.75, 3.05) is 13.2 Å². The number of rotatable bonds is 5. The van der Waals surface area contributed by atoms with Gasteiger partial charge in [-0.2, -0.15) is 0 Å². The van der Waals surface area contributed by atoms with Crippen LogP contribution in [-0.2, 0) is 9.59 Å². The van der Waals surface area contributed by atoms with Crippen LogP contribution in [0.2, 0.25) is 0 Å². The quantitative estimate of drug-likeness (QED) is 0.411. The van der Waals surface area contributed by atoms with Crippen molar-refractivity contribution in [2.45, 2.75) is 26.3 Å². The summed E-state index contributed by atoms with van der Waals surface area (Å²) < 4.78 is 0. The molecule has 0 aromatic heterocycles. The second-order valence-electron chi connectivity index (χ2n) is 3.83.